The molecule has 43 heavy (non-hydrogen) atoms. The van der Waals surface area contributed by atoms with Crippen LogP contribution in [0.25, 0.3) is 0 Å². The van der Waals surface area contributed by atoms with Gasteiger partial charge in [0.1, 0.15) is 0 Å². The molecule has 5 rings (SSSR count). The second kappa shape index (κ2) is 12.0. The number of halogens is 4. The Bertz CT molecular complexity index is 1060. The number of aliphatic hydroxyl groups excluding tert-OH is 2. The van der Waals surface area contributed by atoms with Gasteiger partial charge in [-0.1, -0.05) is 34.1 Å². The molecule has 1 aliphatic heterocycles. The molecule has 8 nitrogen and oxygen atoms in total. The van der Waals surface area contributed by atoms with E-state index in [-0.39, 0.29) is 52.4 Å². The standard InChI is InChI=1S/C30H49F4N3O5S/c1-5-19-23-14-18(38)8-11-28(23,4)22-9-12-27(3)20(6-7-21(27)24(22)25(19)39)17(2)10-13-35-26(40)36-43(41)42-37-15-29(31,32)30(33,34)16-37/h17-25,38-39H,5-16H2,1-4H3,(H2,35,36,40)/t17-,18-,19-,20-,21+,22+,23+,24+,25-,27?,28-,43?/m1/s1. The molecule has 248 valence electrons. The summed E-state index contributed by atoms with van der Waals surface area (Å²) in [5.74, 6) is -6.22. The van der Waals surface area contributed by atoms with Crippen molar-refractivity contribution in [2.75, 3.05) is 19.6 Å². The maximum absolute atomic E-state index is 13.3. The van der Waals surface area contributed by atoms with E-state index in [4.69, 9.17) is 0 Å². The van der Waals surface area contributed by atoms with Gasteiger partial charge in [-0.2, -0.15) is 26.9 Å². The summed E-state index contributed by atoms with van der Waals surface area (Å²) < 4.78 is 71.9. The van der Waals surface area contributed by atoms with Crippen molar-refractivity contribution in [3.05, 3.63) is 0 Å². The Kier molecular flexibility index (Phi) is 9.28. The third-order valence-electron chi connectivity index (χ3n) is 12.7. The van der Waals surface area contributed by atoms with E-state index in [9.17, 15) is 36.8 Å². The Morgan fingerprint density at radius 1 is 1.00 bits per heavy atom. The zero-order valence-corrected chi connectivity index (χ0v) is 26.5. The zero-order valence-electron chi connectivity index (χ0n) is 25.7. The first-order valence-corrected chi connectivity index (χ1v) is 17.1. The van der Waals surface area contributed by atoms with Crippen LogP contribution in [0.1, 0.15) is 85.5 Å². The summed E-state index contributed by atoms with van der Waals surface area (Å²) in [7, 11) is 0. The number of nitrogens with one attached hydrogen (secondary N) is 2. The van der Waals surface area contributed by atoms with Crippen LogP contribution in [0.15, 0.2) is 0 Å². The number of nitrogens with zero attached hydrogens (tertiary/aromatic N) is 1. The largest absolute Gasteiger partial charge is 0.393 e. The molecule has 0 aromatic heterocycles. The van der Waals surface area contributed by atoms with Gasteiger partial charge in [0, 0.05) is 6.54 Å². The minimum Gasteiger partial charge on any atom is -0.393 e. The molecule has 0 bridgehead atoms. The zero-order chi connectivity index (χ0) is 31.5. The van der Waals surface area contributed by atoms with Crippen LogP contribution < -0.4 is 10.0 Å². The average Bonchev–Trinajstić information content (AvgIpc) is 3.36. The summed E-state index contributed by atoms with van der Waals surface area (Å²) in [6.07, 6.45) is 7.93. The third-order valence-corrected chi connectivity index (χ3v) is 13.4. The summed E-state index contributed by atoms with van der Waals surface area (Å²) in [4.78, 5) is 12.2. The third kappa shape index (κ3) is 5.87. The fourth-order valence-electron chi connectivity index (χ4n) is 10.6. The highest BCUT2D eigenvalue weighted by Crippen LogP contribution is 2.69. The predicted octanol–water partition coefficient (Wildman–Crippen LogP) is 5.04. The number of rotatable bonds is 8. The van der Waals surface area contributed by atoms with Crippen molar-refractivity contribution in [1.82, 2.24) is 15.1 Å². The number of carbonyl (C=O) groups is 1. The molecule has 5 aliphatic rings. The Balaban J connectivity index is 1.15. The molecule has 1 saturated heterocycles. The smallest absolute Gasteiger partial charge is 0.328 e. The van der Waals surface area contributed by atoms with Crippen LogP contribution >= 0.6 is 0 Å². The molecule has 2 amide bonds. The van der Waals surface area contributed by atoms with Crippen LogP contribution in [-0.4, -0.2) is 69.2 Å². The molecule has 0 spiro atoms. The van der Waals surface area contributed by atoms with Gasteiger partial charge in [-0.15, -0.1) is 0 Å². The Hall–Kier alpha value is -1.02. The molecule has 4 saturated carbocycles. The van der Waals surface area contributed by atoms with Gasteiger partial charge in [0.25, 0.3) is 11.3 Å². The van der Waals surface area contributed by atoms with Crippen molar-refractivity contribution in [1.29, 1.82) is 0 Å². The van der Waals surface area contributed by atoms with E-state index in [2.05, 4.69) is 37.3 Å². The first kappa shape index (κ1) is 33.3. The maximum Gasteiger partial charge on any atom is 0.328 e. The maximum atomic E-state index is 13.3. The number of hydrogen-bond acceptors (Lipinski definition) is 6. The molecule has 13 heteroatoms. The van der Waals surface area contributed by atoms with Crippen LogP contribution in [0.4, 0.5) is 22.4 Å². The quantitative estimate of drug-likeness (QED) is 0.277. The molecule has 2 unspecified atom stereocenters. The topological polar surface area (TPSA) is 111 Å². The predicted molar refractivity (Wildman–Crippen MR) is 153 cm³/mol. The van der Waals surface area contributed by atoms with Gasteiger partial charge in [-0.05, 0) is 104 Å². The number of fused-ring (bicyclic) bond motifs is 5. The number of urea groups is 1. The van der Waals surface area contributed by atoms with Gasteiger partial charge in [0.2, 0.25) is 0 Å². The van der Waals surface area contributed by atoms with Crippen molar-refractivity contribution >= 4 is 17.3 Å². The van der Waals surface area contributed by atoms with Crippen LogP contribution in [0, 0.1) is 52.3 Å². The van der Waals surface area contributed by atoms with Gasteiger partial charge in [-0.3, -0.25) is 0 Å². The van der Waals surface area contributed by atoms with Crippen molar-refractivity contribution < 1.29 is 41.1 Å². The minimum atomic E-state index is -4.31. The highest BCUT2D eigenvalue weighted by atomic mass is 32.2. The fourth-order valence-corrected chi connectivity index (χ4v) is 11.1. The number of amides is 2. The number of hydroxylamine groups is 2. The normalized spacial score (nSPS) is 45.0. The number of hydrogen-bond donors (Lipinski definition) is 4. The summed E-state index contributed by atoms with van der Waals surface area (Å²) >= 11 is -2.60. The molecule has 0 aromatic carbocycles. The van der Waals surface area contributed by atoms with Crippen molar-refractivity contribution in [3.8, 4) is 0 Å². The monoisotopic (exact) mass is 639 g/mol. The molecule has 1 heterocycles. The van der Waals surface area contributed by atoms with E-state index in [0.29, 0.717) is 30.1 Å². The van der Waals surface area contributed by atoms with Crippen molar-refractivity contribution in [2.24, 2.45) is 52.3 Å². The van der Waals surface area contributed by atoms with Crippen molar-refractivity contribution in [2.45, 2.75) is 110 Å². The first-order chi connectivity index (χ1) is 20.0. The van der Waals surface area contributed by atoms with Gasteiger partial charge >= 0.3 is 17.9 Å². The SMILES string of the molecule is CC[C@H]1[C@@H](O)[C@H]2[C@@H]3CC[C@H]([C@H](C)CCNC(=O)NS(=O)ON4CC(F)(F)C(F)(F)C4)C3(C)CC[C@@H]2[C@@]2(C)CC[C@@H](O)C[C@@H]12. The van der Waals surface area contributed by atoms with Gasteiger partial charge in [0.05, 0.1) is 25.3 Å². The Morgan fingerprint density at radius 2 is 1.63 bits per heavy atom. The Labute approximate surface area is 254 Å². The number of carbonyl (C=O) groups excluding carboxylic acids is 1. The van der Waals surface area contributed by atoms with E-state index in [0.717, 1.165) is 51.4 Å². The lowest BCUT2D eigenvalue weighted by atomic mass is 9.41. The van der Waals surface area contributed by atoms with E-state index < -0.39 is 42.2 Å². The molecule has 4 N–H and O–H groups in total. The molecular weight excluding hydrogens is 590 g/mol. The van der Waals surface area contributed by atoms with E-state index in [1.807, 2.05) is 4.72 Å². The summed E-state index contributed by atoms with van der Waals surface area (Å²) in [6, 6.07) is -0.837. The Morgan fingerprint density at radius 3 is 2.28 bits per heavy atom. The number of alkyl halides is 4. The molecular formula is C30H49F4N3O5S. The van der Waals surface area contributed by atoms with Gasteiger partial charge in [-0.25, -0.2) is 13.7 Å². The van der Waals surface area contributed by atoms with E-state index in [1.165, 1.54) is 0 Å². The molecule has 0 aromatic rings. The van der Waals surface area contributed by atoms with Crippen LogP contribution in [0.2, 0.25) is 0 Å². The van der Waals surface area contributed by atoms with E-state index in [1.54, 1.807) is 0 Å². The van der Waals surface area contributed by atoms with Crippen LogP contribution in [0.3, 0.4) is 0 Å². The van der Waals surface area contributed by atoms with Crippen LogP contribution in [-0.2, 0) is 15.6 Å². The average molecular weight is 640 g/mol. The molecule has 12 atom stereocenters. The summed E-state index contributed by atoms with van der Waals surface area (Å²) in [6.45, 7) is 6.62. The second-order valence-electron chi connectivity index (χ2n) is 14.8. The fraction of sp³-hybridized carbons (Fsp3) is 0.967. The van der Waals surface area contributed by atoms with Crippen molar-refractivity contribution in [3.63, 3.8) is 0 Å². The summed E-state index contributed by atoms with van der Waals surface area (Å²) in [5, 5.41) is 25.2. The molecule has 4 aliphatic carbocycles. The first-order valence-electron chi connectivity index (χ1n) is 16.1. The lowest BCUT2D eigenvalue weighted by Crippen LogP contribution is -2.62. The molecule has 5 fully saturated rings. The van der Waals surface area contributed by atoms with Gasteiger partial charge in [0.15, 0.2) is 0 Å². The lowest BCUT2D eigenvalue weighted by Gasteiger charge is -2.64. The van der Waals surface area contributed by atoms with E-state index >= 15 is 0 Å². The minimum absolute atomic E-state index is 0.0781. The van der Waals surface area contributed by atoms with Crippen LogP contribution in [0.5, 0.6) is 0 Å². The van der Waals surface area contributed by atoms with Gasteiger partial charge < -0.3 is 15.5 Å². The number of aliphatic hydroxyl groups is 2. The second-order valence-corrected chi connectivity index (χ2v) is 15.6. The highest BCUT2D eigenvalue weighted by molar-refractivity contribution is 7.78. The highest BCUT2D eigenvalue weighted by Gasteiger charge is 2.65. The lowest BCUT2D eigenvalue weighted by molar-refractivity contribution is -0.203. The molecule has 0 radical (unpaired) electrons. The summed E-state index contributed by atoms with van der Waals surface area (Å²) in [5.41, 5.74) is 0.223.